The van der Waals surface area contributed by atoms with E-state index in [1.807, 2.05) is 38.1 Å². The van der Waals surface area contributed by atoms with Crippen LogP contribution in [0.1, 0.15) is 13.8 Å². The standard InChI is InChI=1S/C24H24N2/c1-3-8-21(4-2)25-23-15-11-19(12-16-23)20-13-17-24(18-14-20)26-22-9-6-5-7-10-22/h3-18,25-26H,1-2H3/b8-3-,21-4+. The highest BCUT2D eigenvalue weighted by molar-refractivity contribution is 5.70. The fourth-order valence-corrected chi connectivity index (χ4v) is 2.74. The molecule has 3 rings (SSSR count). The summed E-state index contributed by atoms with van der Waals surface area (Å²) in [5.74, 6) is 0. The summed E-state index contributed by atoms with van der Waals surface area (Å²) in [6.07, 6.45) is 6.15. The zero-order chi connectivity index (χ0) is 18.2. The Hall–Kier alpha value is -3.26. The van der Waals surface area contributed by atoms with Crippen LogP contribution in [0, 0.1) is 0 Å². The van der Waals surface area contributed by atoms with Gasteiger partial charge in [-0.15, -0.1) is 0 Å². The van der Waals surface area contributed by atoms with Crippen molar-refractivity contribution in [1.82, 2.24) is 0 Å². The van der Waals surface area contributed by atoms with Crippen molar-refractivity contribution < 1.29 is 0 Å². The lowest BCUT2D eigenvalue weighted by atomic mass is 10.0. The minimum atomic E-state index is 1.09. The van der Waals surface area contributed by atoms with Gasteiger partial charge in [0.2, 0.25) is 0 Å². The van der Waals surface area contributed by atoms with Crippen LogP contribution in [0.3, 0.4) is 0 Å². The van der Waals surface area contributed by atoms with Gasteiger partial charge >= 0.3 is 0 Å². The third-order valence-electron chi connectivity index (χ3n) is 4.11. The fraction of sp³-hybridized carbons (Fsp3) is 0.0833. The molecular formula is C24H24N2. The molecule has 0 aliphatic heterocycles. The summed E-state index contributed by atoms with van der Waals surface area (Å²) in [5.41, 5.74) is 6.77. The van der Waals surface area contributed by atoms with Crippen LogP contribution in [0.25, 0.3) is 11.1 Å². The largest absolute Gasteiger partial charge is 0.356 e. The van der Waals surface area contributed by atoms with E-state index < -0.39 is 0 Å². The van der Waals surface area contributed by atoms with Gasteiger partial charge in [0.25, 0.3) is 0 Å². The molecule has 2 nitrogen and oxygen atoms in total. The summed E-state index contributed by atoms with van der Waals surface area (Å²) in [4.78, 5) is 0. The number of rotatable bonds is 6. The van der Waals surface area contributed by atoms with E-state index in [4.69, 9.17) is 0 Å². The average Bonchev–Trinajstić information content (AvgIpc) is 2.70. The highest BCUT2D eigenvalue weighted by Gasteiger charge is 2.00. The Balaban J connectivity index is 1.69. The molecule has 0 aliphatic rings. The van der Waals surface area contributed by atoms with Crippen LogP contribution in [-0.4, -0.2) is 0 Å². The monoisotopic (exact) mass is 340 g/mol. The van der Waals surface area contributed by atoms with Crippen molar-refractivity contribution in [3.63, 3.8) is 0 Å². The summed E-state index contributed by atoms with van der Waals surface area (Å²) in [6, 6.07) is 27.2. The van der Waals surface area contributed by atoms with Gasteiger partial charge in [0.1, 0.15) is 0 Å². The quantitative estimate of drug-likeness (QED) is 0.473. The van der Waals surface area contributed by atoms with Gasteiger partial charge < -0.3 is 10.6 Å². The zero-order valence-electron chi connectivity index (χ0n) is 15.2. The maximum absolute atomic E-state index is 3.41. The minimum absolute atomic E-state index is 1.09. The molecular weight excluding hydrogens is 316 g/mol. The van der Waals surface area contributed by atoms with Crippen LogP contribution in [0.5, 0.6) is 0 Å². The van der Waals surface area contributed by atoms with Crippen LogP contribution in [0.15, 0.2) is 103 Å². The molecule has 0 aromatic heterocycles. The van der Waals surface area contributed by atoms with Crippen molar-refractivity contribution in [3.8, 4) is 11.1 Å². The molecule has 0 saturated heterocycles. The summed E-state index contributed by atoms with van der Waals surface area (Å²) in [6.45, 7) is 4.05. The zero-order valence-corrected chi connectivity index (χ0v) is 15.2. The van der Waals surface area contributed by atoms with Crippen molar-refractivity contribution in [2.75, 3.05) is 10.6 Å². The number of anilines is 3. The number of nitrogens with one attached hydrogen (secondary N) is 2. The van der Waals surface area contributed by atoms with Crippen molar-refractivity contribution in [1.29, 1.82) is 0 Å². The van der Waals surface area contributed by atoms with Crippen LogP contribution in [-0.2, 0) is 0 Å². The molecule has 26 heavy (non-hydrogen) atoms. The first-order valence-electron chi connectivity index (χ1n) is 8.87. The lowest BCUT2D eigenvalue weighted by Crippen LogP contribution is -1.96. The Bertz CT molecular complexity index is 874. The van der Waals surface area contributed by atoms with Crippen LogP contribution >= 0.6 is 0 Å². The smallest absolute Gasteiger partial charge is 0.0384 e. The van der Waals surface area contributed by atoms with E-state index in [1.54, 1.807) is 0 Å². The minimum Gasteiger partial charge on any atom is -0.356 e. The maximum Gasteiger partial charge on any atom is 0.0384 e. The normalized spacial score (nSPS) is 11.5. The topological polar surface area (TPSA) is 24.1 Å². The van der Waals surface area contributed by atoms with Gasteiger partial charge in [0.15, 0.2) is 0 Å². The molecule has 0 heterocycles. The molecule has 0 fully saturated rings. The van der Waals surface area contributed by atoms with Crippen LogP contribution in [0.4, 0.5) is 17.1 Å². The first kappa shape index (κ1) is 17.6. The highest BCUT2D eigenvalue weighted by Crippen LogP contribution is 2.25. The third kappa shape index (κ3) is 4.64. The maximum atomic E-state index is 3.41. The van der Waals surface area contributed by atoms with E-state index in [0.717, 1.165) is 22.8 Å². The van der Waals surface area contributed by atoms with Crippen molar-refractivity contribution in [2.24, 2.45) is 0 Å². The van der Waals surface area contributed by atoms with Gasteiger partial charge in [-0.05, 0) is 67.4 Å². The third-order valence-corrected chi connectivity index (χ3v) is 4.11. The second-order valence-electron chi connectivity index (χ2n) is 6.01. The SMILES string of the molecule is C/C=C\C(=C/C)Nc1ccc(-c2ccc(Nc3ccccc3)cc2)cc1. The van der Waals surface area contributed by atoms with E-state index >= 15 is 0 Å². The molecule has 0 atom stereocenters. The first-order chi connectivity index (χ1) is 12.8. The Morgan fingerprint density at radius 1 is 0.654 bits per heavy atom. The molecule has 130 valence electrons. The summed E-state index contributed by atoms with van der Waals surface area (Å²) >= 11 is 0. The molecule has 0 radical (unpaired) electrons. The molecule has 0 saturated carbocycles. The van der Waals surface area contributed by atoms with Gasteiger partial charge in [-0.2, -0.15) is 0 Å². The molecule has 0 unspecified atom stereocenters. The summed E-state index contributed by atoms with van der Waals surface area (Å²) in [7, 11) is 0. The second kappa shape index (κ2) is 8.72. The Morgan fingerprint density at radius 3 is 1.73 bits per heavy atom. The van der Waals surface area contributed by atoms with E-state index in [-0.39, 0.29) is 0 Å². The Labute approximate surface area is 155 Å². The fourth-order valence-electron chi connectivity index (χ4n) is 2.74. The molecule has 0 amide bonds. The molecule has 3 aromatic rings. The number of hydrogen-bond donors (Lipinski definition) is 2. The molecule has 0 aliphatic carbocycles. The lowest BCUT2D eigenvalue weighted by molar-refractivity contribution is 1.43. The number of para-hydroxylation sites is 1. The predicted octanol–water partition coefficient (Wildman–Crippen LogP) is 6.99. The second-order valence-corrected chi connectivity index (χ2v) is 6.01. The van der Waals surface area contributed by atoms with Gasteiger partial charge in [-0.1, -0.05) is 54.6 Å². The number of hydrogen-bond acceptors (Lipinski definition) is 2. The van der Waals surface area contributed by atoms with E-state index in [1.165, 1.54) is 11.1 Å². The molecule has 0 spiro atoms. The predicted molar refractivity (Wildman–Crippen MR) is 114 cm³/mol. The summed E-state index contributed by atoms with van der Waals surface area (Å²) < 4.78 is 0. The molecule has 2 N–H and O–H groups in total. The van der Waals surface area contributed by atoms with Gasteiger partial charge in [-0.25, -0.2) is 0 Å². The van der Waals surface area contributed by atoms with Crippen LogP contribution in [0.2, 0.25) is 0 Å². The van der Waals surface area contributed by atoms with Crippen molar-refractivity contribution in [2.45, 2.75) is 13.8 Å². The first-order valence-corrected chi connectivity index (χ1v) is 8.87. The highest BCUT2D eigenvalue weighted by atomic mass is 14.9. The molecule has 2 heteroatoms. The van der Waals surface area contributed by atoms with E-state index in [9.17, 15) is 0 Å². The molecule has 0 bridgehead atoms. The number of benzene rings is 3. The average molecular weight is 340 g/mol. The Kier molecular flexibility index (Phi) is 5.89. The molecule has 3 aromatic carbocycles. The lowest BCUT2D eigenvalue weighted by Gasteiger charge is -2.10. The Morgan fingerprint density at radius 2 is 1.19 bits per heavy atom. The van der Waals surface area contributed by atoms with Crippen molar-refractivity contribution >= 4 is 17.1 Å². The van der Waals surface area contributed by atoms with E-state index in [0.29, 0.717) is 0 Å². The number of allylic oxidation sites excluding steroid dienone is 3. The van der Waals surface area contributed by atoms with E-state index in [2.05, 4.69) is 83.4 Å². The summed E-state index contributed by atoms with van der Waals surface area (Å²) in [5, 5.41) is 6.82. The van der Waals surface area contributed by atoms with Crippen molar-refractivity contribution in [3.05, 3.63) is 103 Å². The van der Waals surface area contributed by atoms with Gasteiger partial charge in [0.05, 0.1) is 0 Å². The van der Waals surface area contributed by atoms with Gasteiger partial charge in [-0.3, -0.25) is 0 Å². The van der Waals surface area contributed by atoms with Crippen LogP contribution < -0.4 is 10.6 Å². The van der Waals surface area contributed by atoms with Gasteiger partial charge in [0, 0.05) is 22.8 Å².